The lowest BCUT2D eigenvalue weighted by atomic mass is 10.1. The molecule has 0 fully saturated rings. The van der Waals surface area contributed by atoms with E-state index in [-0.39, 0.29) is 0 Å². The standard InChI is InChI=1S/C8H10ClN/c1-6-4-8(9)3-2-7(6)5-10/h2-4H,5,10H2,1H3. The lowest BCUT2D eigenvalue weighted by Crippen LogP contribution is -1.98. The summed E-state index contributed by atoms with van der Waals surface area (Å²) in [6.45, 7) is 2.59. The summed E-state index contributed by atoms with van der Waals surface area (Å²) in [6.07, 6.45) is 0. The van der Waals surface area contributed by atoms with Gasteiger partial charge in [-0.3, -0.25) is 0 Å². The highest BCUT2D eigenvalue weighted by Gasteiger charge is 1.94. The Bertz CT molecular complexity index is 233. The second kappa shape index (κ2) is 3.04. The van der Waals surface area contributed by atoms with Crippen molar-refractivity contribution in [3.8, 4) is 0 Å². The molecule has 2 heteroatoms. The predicted molar refractivity (Wildman–Crippen MR) is 44.1 cm³/mol. The number of nitrogens with two attached hydrogens (primary N) is 1. The van der Waals surface area contributed by atoms with Crippen molar-refractivity contribution < 1.29 is 0 Å². The minimum absolute atomic E-state index is 0.586. The molecule has 0 radical (unpaired) electrons. The van der Waals surface area contributed by atoms with E-state index in [2.05, 4.69) is 0 Å². The van der Waals surface area contributed by atoms with Gasteiger partial charge in [-0.1, -0.05) is 17.7 Å². The van der Waals surface area contributed by atoms with Crippen molar-refractivity contribution in [3.63, 3.8) is 0 Å². The number of halogens is 1. The van der Waals surface area contributed by atoms with Crippen LogP contribution in [-0.4, -0.2) is 0 Å². The van der Waals surface area contributed by atoms with Crippen LogP contribution in [0.25, 0.3) is 0 Å². The molecule has 0 spiro atoms. The Hall–Kier alpha value is -0.530. The van der Waals surface area contributed by atoms with Crippen LogP contribution in [0, 0.1) is 6.92 Å². The van der Waals surface area contributed by atoms with Gasteiger partial charge in [-0.25, -0.2) is 0 Å². The van der Waals surface area contributed by atoms with E-state index in [0.717, 1.165) is 16.1 Å². The Kier molecular flexibility index (Phi) is 2.30. The van der Waals surface area contributed by atoms with Gasteiger partial charge in [0.1, 0.15) is 0 Å². The van der Waals surface area contributed by atoms with Gasteiger partial charge >= 0.3 is 0 Å². The maximum absolute atomic E-state index is 5.73. The SMILES string of the molecule is Cc1cc(Cl)ccc1CN. The number of aryl methyl sites for hydroxylation is 1. The van der Waals surface area contributed by atoms with Gasteiger partial charge in [-0.2, -0.15) is 0 Å². The highest BCUT2D eigenvalue weighted by molar-refractivity contribution is 6.30. The number of benzene rings is 1. The second-order valence-electron chi connectivity index (χ2n) is 2.27. The molecule has 10 heavy (non-hydrogen) atoms. The molecule has 0 aromatic heterocycles. The summed E-state index contributed by atoms with van der Waals surface area (Å²) in [5, 5.41) is 0.773. The van der Waals surface area contributed by atoms with Crippen LogP contribution in [0.5, 0.6) is 0 Å². The van der Waals surface area contributed by atoms with Gasteiger partial charge in [-0.15, -0.1) is 0 Å². The Morgan fingerprint density at radius 3 is 2.70 bits per heavy atom. The van der Waals surface area contributed by atoms with Crippen LogP contribution in [-0.2, 0) is 6.54 Å². The van der Waals surface area contributed by atoms with Gasteiger partial charge in [0.25, 0.3) is 0 Å². The molecule has 1 nitrogen and oxygen atoms in total. The van der Waals surface area contributed by atoms with E-state index in [1.54, 1.807) is 0 Å². The largest absolute Gasteiger partial charge is 0.326 e. The molecule has 0 amide bonds. The zero-order valence-corrected chi connectivity index (χ0v) is 6.65. The van der Waals surface area contributed by atoms with E-state index in [4.69, 9.17) is 17.3 Å². The molecule has 54 valence electrons. The molecule has 0 aliphatic rings. The maximum Gasteiger partial charge on any atom is 0.0408 e. The minimum atomic E-state index is 0.586. The van der Waals surface area contributed by atoms with Crippen molar-refractivity contribution in [2.75, 3.05) is 0 Å². The van der Waals surface area contributed by atoms with Crippen LogP contribution < -0.4 is 5.73 Å². The molecule has 0 aliphatic heterocycles. The first-order chi connectivity index (χ1) is 4.74. The van der Waals surface area contributed by atoms with Crippen LogP contribution in [0.1, 0.15) is 11.1 Å². The van der Waals surface area contributed by atoms with Crippen LogP contribution in [0.2, 0.25) is 5.02 Å². The van der Waals surface area contributed by atoms with Crippen LogP contribution in [0.3, 0.4) is 0 Å². The van der Waals surface area contributed by atoms with Gasteiger partial charge < -0.3 is 5.73 Å². The Morgan fingerprint density at radius 2 is 2.20 bits per heavy atom. The Morgan fingerprint density at radius 1 is 1.50 bits per heavy atom. The summed E-state index contributed by atoms with van der Waals surface area (Å²) in [4.78, 5) is 0. The van der Waals surface area contributed by atoms with E-state index in [9.17, 15) is 0 Å². The summed E-state index contributed by atoms with van der Waals surface area (Å²) in [5.41, 5.74) is 7.78. The van der Waals surface area contributed by atoms with Crippen molar-refractivity contribution in [2.45, 2.75) is 13.5 Å². The van der Waals surface area contributed by atoms with Gasteiger partial charge in [0.2, 0.25) is 0 Å². The van der Waals surface area contributed by atoms with Crippen molar-refractivity contribution in [2.24, 2.45) is 5.73 Å². The smallest absolute Gasteiger partial charge is 0.0408 e. The third-order valence-electron chi connectivity index (χ3n) is 1.52. The second-order valence-corrected chi connectivity index (χ2v) is 2.71. The average molecular weight is 156 g/mol. The quantitative estimate of drug-likeness (QED) is 0.661. The monoisotopic (exact) mass is 155 g/mol. The molecule has 0 unspecified atom stereocenters. The summed E-state index contributed by atoms with van der Waals surface area (Å²) in [6, 6.07) is 5.73. The zero-order chi connectivity index (χ0) is 7.56. The van der Waals surface area contributed by atoms with E-state index in [1.807, 2.05) is 25.1 Å². The molecule has 0 atom stereocenters. The van der Waals surface area contributed by atoms with Crippen molar-refractivity contribution >= 4 is 11.6 Å². The first-order valence-electron chi connectivity index (χ1n) is 3.19. The van der Waals surface area contributed by atoms with Crippen LogP contribution >= 0.6 is 11.6 Å². The highest BCUT2D eigenvalue weighted by atomic mass is 35.5. The normalized spacial score (nSPS) is 9.90. The molecule has 1 rings (SSSR count). The molecule has 0 saturated heterocycles. The fourth-order valence-electron chi connectivity index (χ4n) is 0.888. The van der Waals surface area contributed by atoms with E-state index < -0.39 is 0 Å². The molecule has 1 aromatic carbocycles. The summed E-state index contributed by atoms with van der Waals surface area (Å²) < 4.78 is 0. The fraction of sp³-hybridized carbons (Fsp3) is 0.250. The lowest BCUT2D eigenvalue weighted by molar-refractivity contribution is 1.05. The first-order valence-corrected chi connectivity index (χ1v) is 3.57. The van der Waals surface area contributed by atoms with E-state index >= 15 is 0 Å². The third kappa shape index (κ3) is 1.49. The highest BCUT2D eigenvalue weighted by Crippen LogP contribution is 2.14. The Labute approximate surface area is 65.8 Å². The van der Waals surface area contributed by atoms with E-state index in [1.165, 1.54) is 0 Å². The number of hydrogen-bond donors (Lipinski definition) is 1. The maximum atomic E-state index is 5.73. The molecule has 0 aliphatic carbocycles. The van der Waals surface area contributed by atoms with Crippen molar-refractivity contribution in [1.29, 1.82) is 0 Å². The lowest BCUT2D eigenvalue weighted by Gasteiger charge is -2.01. The molecule has 1 aromatic rings. The fourth-order valence-corrected chi connectivity index (χ4v) is 1.11. The van der Waals surface area contributed by atoms with Crippen LogP contribution in [0.4, 0.5) is 0 Å². The molecule has 0 saturated carbocycles. The molecular weight excluding hydrogens is 146 g/mol. The molecule has 0 bridgehead atoms. The number of rotatable bonds is 1. The Balaban J connectivity index is 3.07. The minimum Gasteiger partial charge on any atom is -0.326 e. The average Bonchev–Trinajstić information content (AvgIpc) is 1.88. The van der Waals surface area contributed by atoms with Crippen LogP contribution in [0.15, 0.2) is 18.2 Å². The van der Waals surface area contributed by atoms with Crippen molar-refractivity contribution in [3.05, 3.63) is 34.3 Å². The van der Waals surface area contributed by atoms with Gasteiger partial charge in [0.15, 0.2) is 0 Å². The topological polar surface area (TPSA) is 26.0 Å². The predicted octanol–water partition coefficient (Wildman–Crippen LogP) is 2.11. The van der Waals surface area contributed by atoms with Crippen molar-refractivity contribution in [1.82, 2.24) is 0 Å². The first kappa shape index (κ1) is 7.58. The molecule has 2 N–H and O–H groups in total. The summed E-state index contributed by atoms with van der Waals surface area (Å²) in [5.74, 6) is 0. The van der Waals surface area contributed by atoms with E-state index in [0.29, 0.717) is 6.54 Å². The molecular formula is C8H10ClN. The van der Waals surface area contributed by atoms with Gasteiger partial charge in [0.05, 0.1) is 0 Å². The molecule has 0 heterocycles. The number of hydrogen-bond acceptors (Lipinski definition) is 1. The summed E-state index contributed by atoms with van der Waals surface area (Å²) in [7, 11) is 0. The van der Waals surface area contributed by atoms with Gasteiger partial charge in [-0.05, 0) is 30.2 Å². The third-order valence-corrected chi connectivity index (χ3v) is 1.76. The van der Waals surface area contributed by atoms with Gasteiger partial charge in [0, 0.05) is 11.6 Å². The summed E-state index contributed by atoms with van der Waals surface area (Å²) >= 11 is 5.73. The zero-order valence-electron chi connectivity index (χ0n) is 5.89.